The van der Waals surface area contributed by atoms with Crippen LogP contribution in [0.2, 0.25) is 0 Å². The molecule has 3 aliphatic rings. The molecule has 8 aromatic rings. The van der Waals surface area contributed by atoms with Crippen molar-refractivity contribution in [2.24, 2.45) is 0 Å². The number of fused-ring (bicyclic) bond motifs is 7. The van der Waals surface area contributed by atoms with Crippen LogP contribution >= 0.6 is 0 Å². The third-order valence-electron chi connectivity index (χ3n) is 11.0. The molecule has 246 valence electrons. The van der Waals surface area contributed by atoms with Crippen LogP contribution in [0.25, 0.3) is 11.1 Å². The molecule has 0 atom stereocenters. The summed E-state index contributed by atoms with van der Waals surface area (Å²) in [5, 5.41) is 0. The first kappa shape index (κ1) is 29.9. The molecule has 0 saturated heterocycles. The van der Waals surface area contributed by atoms with Crippen molar-refractivity contribution in [2.45, 2.75) is 0 Å². The maximum absolute atomic E-state index is 7.22. The van der Waals surface area contributed by atoms with Crippen LogP contribution in [-0.2, 0) is 0 Å². The van der Waals surface area contributed by atoms with E-state index < -0.39 is 0 Å². The predicted molar refractivity (Wildman–Crippen MR) is 221 cm³/mol. The Labute approximate surface area is 309 Å². The normalized spacial score (nSPS) is 13.3. The van der Waals surface area contributed by atoms with E-state index in [9.17, 15) is 0 Å². The van der Waals surface area contributed by atoms with Gasteiger partial charge < -0.3 is 14.5 Å². The van der Waals surface area contributed by atoms with Crippen molar-refractivity contribution in [3.63, 3.8) is 0 Å². The highest BCUT2D eigenvalue weighted by atomic mass is 16.5. The highest BCUT2D eigenvalue weighted by Crippen LogP contribution is 2.55. The molecule has 53 heavy (non-hydrogen) atoms. The summed E-state index contributed by atoms with van der Waals surface area (Å²) in [5.74, 6) is 1.67. The Balaban J connectivity index is 1.27. The smallest absolute Gasteiger partial charge is 0.245 e. The van der Waals surface area contributed by atoms with E-state index in [1.807, 2.05) is 18.5 Å². The van der Waals surface area contributed by atoms with Crippen molar-refractivity contribution in [3.05, 3.63) is 188 Å². The Morgan fingerprint density at radius 2 is 1.11 bits per heavy atom. The zero-order valence-electron chi connectivity index (χ0n) is 28.8. The van der Waals surface area contributed by atoms with Crippen molar-refractivity contribution < 1.29 is 4.74 Å². The number of para-hydroxylation sites is 4. The summed E-state index contributed by atoms with van der Waals surface area (Å²) in [6.07, 6.45) is 3.75. The van der Waals surface area contributed by atoms with Crippen LogP contribution in [0.15, 0.2) is 188 Å². The molecule has 0 fully saturated rings. The quantitative estimate of drug-likeness (QED) is 0.181. The standard InChI is InChI=1S/C47H31B2N3O/c1-3-17-34(18-4-1)48-37-22-7-8-23-38(37)49-39-24-9-10-25-41(39)52(35-19-5-2-6-20-35)46-45(49)40(48)30-43-47(46)53-44-27-12-11-26-42(44)51(43)36-21-13-15-32(29-36)33-16-14-28-50-31-33/h1-31H. The summed E-state index contributed by atoms with van der Waals surface area (Å²) in [5.41, 5.74) is 16.4. The van der Waals surface area contributed by atoms with Crippen LogP contribution in [0, 0.1) is 0 Å². The van der Waals surface area contributed by atoms with Crippen LogP contribution < -0.4 is 47.3 Å². The first-order valence-corrected chi connectivity index (χ1v) is 18.2. The fraction of sp³-hybridized carbons (Fsp3) is 0. The molecular formula is C47H31B2N3O. The molecule has 0 aliphatic carbocycles. The van der Waals surface area contributed by atoms with Crippen LogP contribution in [0.5, 0.6) is 11.5 Å². The highest BCUT2D eigenvalue weighted by molar-refractivity contribution is 7.12. The molecule has 4 heterocycles. The predicted octanol–water partition coefficient (Wildman–Crippen LogP) is 7.45. The minimum atomic E-state index is 0.0198. The number of ether oxygens (including phenoxy) is 1. The fourth-order valence-corrected chi connectivity index (χ4v) is 8.89. The lowest BCUT2D eigenvalue weighted by atomic mass is 9.20. The van der Waals surface area contributed by atoms with E-state index in [1.54, 1.807) is 0 Å². The molecule has 1 aromatic heterocycles. The lowest BCUT2D eigenvalue weighted by Crippen LogP contribution is -2.76. The van der Waals surface area contributed by atoms with Crippen molar-refractivity contribution >= 4 is 80.3 Å². The van der Waals surface area contributed by atoms with E-state index in [-0.39, 0.29) is 13.4 Å². The second kappa shape index (κ2) is 11.9. The summed E-state index contributed by atoms with van der Waals surface area (Å²) in [6, 6.07) is 63.4. The Bertz CT molecular complexity index is 2680. The number of hydrogen-bond donors (Lipinski definition) is 0. The van der Waals surface area contributed by atoms with Gasteiger partial charge in [-0.15, -0.1) is 0 Å². The van der Waals surface area contributed by atoms with E-state index in [2.05, 4.69) is 185 Å². The lowest BCUT2D eigenvalue weighted by Gasteiger charge is -2.45. The summed E-state index contributed by atoms with van der Waals surface area (Å²) in [6.45, 7) is 0.0482. The molecule has 6 heteroatoms. The van der Waals surface area contributed by atoms with E-state index in [4.69, 9.17) is 4.74 Å². The third kappa shape index (κ3) is 4.55. The number of aromatic nitrogens is 1. The van der Waals surface area contributed by atoms with Gasteiger partial charge in [0.25, 0.3) is 0 Å². The van der Waals surface area contributed by atoms with Gasteiger partial charge >= 0.3 is 0 Å². The Morgan fingerprint density at radius 1 is 0.453 bits per heavy atom. The van der Waals surface area contributed by atoms with Crippen LogP contribution in [-0.4, -0.2) is 18.4 Å². The molecule has 0 bridgehead atoms. The van der Waals surface area contributed by atoms with Crippen LogP contribution in [0.4, 0.5) is 34.1 Å². The summed E-state index contributed by atoms with van der Waals surface area (Å²) < 4.78 is 7.22. The van der Waals surface area contributed by atoms with E-state index >= 15 is 0 Å². The fourth-order valence-electron chi connectivity index (χ4n) is 8.89. The van der Waals surface area contributed by atoms with Gasteiger partial charge in [0.05, 0.1) is 17.1 Å². The Kier molecular flexibility index (Phi) is 6.71. The first-order chi connectivity index (χ1) is 26.3. The summed E-state index contributed by atoms with van der Waals surface area (Å²) in [7, 11) is 0. The molecule has 0 unspecified atom stereocenters. The van der Waals surface area contributed by atoms with Gasteiger partial charge in [-0.25, -0.2) is 0 Å². The second-order valence-electron chi connectivity index (χ2n) is 13.9. The summed E-state index contributed by atoms with van der Waals surface area (Å²) in [4.78, 5) is 9.27. The van der Waals surface area contributed by atoms with Gasteiger partial charge in [-0.05, 0) is 71.1 Å². The molecule has 0 amide bonds. The number of benzene rings is 7. The van der Waals surface area contributed by atoms with Gasteiger partial charge in [-0.3, -0.25) is 4.98 Å². The van der Waals surface area contributed by atoms with Crippen LogP contribution in [0.3, 0.4) is 0 Å². The highest BCUT2D eigenvalue weighted by Gasteiger charge is 2.48. The van der Waals surface area contributed by atoms with E-state index in [0.29, 0.717) is 0 Å². The molecule has 0 radical (unpaired) electrons. The van der Waals surface area contributed by atoms with E-state index in [1.165, 1.54) is 32.8 Å². The van der Waals surface area contributed by atoms with Crippen LogP contribution in [0.1, 0.15) is 0 Å². The number of anilines is 6. The molecular weight excluding hydrogens is 644 g/mol. The average Bonchev–Trinajstić information content (AvgIpc) is 3.23. The van der Waals surface area contributed by atoms with E-state index in [0.717, 1.165) is 56.8 Å². The molecule has 0 saturated carbocycles. The Hall–Kier alpha value is -6.78. The third-order valence-corrected chi connectivity index (χ3v) is 11.0. The van der Waals surface area contributed by atoms with Gasteiger partial charge in [-0.2, -0.15) is 0 Å². The topological polar surface area (TPSA) is 28.6 Å². The first-order valence-electron chi connectivity index (χ1n) is 18.2. The van der Waals surface area contributed by atoms with Gasteiger partial charge in [0, 0.05) is 35.0 Å². The molecule has 3 aliphatic heterocycles. The molecule has 7 aromatic carbocycles. The minimum Gasteiger partial charge on any atom is -0.451 e. The number of pyridine rings is 1. The van der Waals surface area contributed by atoms with Crippen molar-refractivity contribution in [3.8, 4) is 22.6 Å². The molecule has 4 nitrogen and oxygen atoms in total. The summed E-state index contributed by atoms with van der Waals surface area (Å²) >= 11 is 0. The molecule has 0 spiro atoms. The minimum absolute atomic E-state index is 0.0198. The second-order valence-corrected chi connectivity index (χ2v) is 13.9. The van der Waals surface area contributed by atoms with Gasteiger partial charge in [0.1, 0.15) is 0 Å². The zero-order valence-corrected chi connectivity index (χ0v) is 28.8. The molecule has 0 N–H and O–H groups in total. The Morgan fingerprint density at radius 3 is 1.91 bits per heavy atom. The van der Waals surface area contributed by atoms with Gasteiger partial charge in [0.15, 0.2) is 11.5 Å². The monoisotopic (exact) mass is 675 g/mol. The number of nitrogens with zero attached hydrogens (tertiary/aromatic N) is 3. The molecule has 11 rings (SSSR count). The van der Waals surface area contributed by atoms with Crippen molar-refractivity contribution in [2.75, 3.05) is 9.80 Å². The van der Waals surface area contributed by atoms with Gasteiger partial charge in [0.2, 0.25) is 13.4 Å². The van der Waals surface area contributed by atoms with Crippen molar-refractivity contribution in [1.29, 1.82) is 0 Å². The average molecular weight is 675 g/mol. The largest absolute Gasteiger partial charge is 0.451 e. The van der Waals surface area contributed by atoms with Crippen molar-refractivity contribution in [1.82, 2.24) is 4.98 Å². The maximum Gasteiger partial charge on any atom is 0.245 e. The number of hydrogen-bond acceptors (Lipinski definition) is 4. The zero-order chi connectivity index (χ0) is 34.9. The lowest BCUT2D eigenvalue weighted by molar-refractivity contribution is 0.478. The SMILES string of the molecule is c1ccc(B2c3ccccc3B3c4ccccc4N(c4ccccc4)c4c5c(cc2c43)N(c2cccc(-c3cccnc3)c2)c2ccccc2O5)cc1. The van der Waals surface area contributed by atoms with Gasteiger partial charge in [-0.1, -0.05) is 143 Å². The number of rotatable bonds is 4. The maximum atomic E-state index is 7.22.